The Morgan fingerprint density at radius 2 is 2.05 bits per heavy atom. The Balaban J connectivity index is 1.70. The van der Waals surface area contributed by atoms with E-state index in [4.69, 9.17) is 5.73 Å². The fourth-order valence-electron chi connectivity index (χ4n) is 2.81. The van der Waals surface area contributed by atoms with E-state index < -0.39 is 0 Å². The van der Waals surface area contributed by atoms with Gasteiger partial charge in [-0.3, -0.25) is 0 Å². The summed E-state index contributed by atoms with van der Waals surface area (Å²) in [5.41, 5.74) is 9.39. The fourth-order valence-corrected chi connectivity index (χ4v) is 2.81. The van der Waals surface area contributed by atoms with Gasteiger partial charge in [-0.05, 0) is 37.5 Å². The normalized spacial score (nSPS) is 17.2. The van der Waals surface area contributed by atoms with Crippen LogP contribution in [0.15, 0.2) is 23.2 Å². The van der Waals surface area contributed by atoms with Gasteiger partial charge in [-0.25, -0.2) is 9.98 Å². The first-order chi connectivity index (χ1) is 10.2. The van der Waals surface area contributed by atoms with Crippen LogP contribution in [0.1, 0.15) is 37.1 Å². The van der Waals surface area contributed by atoms with Crippen molar-refractivity contribution in [3.8, 4) is 0 Å². The smallest absolute Gasteiger partial charge is 0.191 e. The summed E-state index contributed by atoms with van der Waals surface area (Å²) < 4.78 is 0. The van der Waals surface area contributed by atoms with E-state index in [-0.39, 0.29) is 0 Å². The number of fused-ring (bicyclic) bond motifs is 1. The van der Waals surface area contributed by atoms with Crippen LogP contribution in [0.5, 0.6) is 0 Å². The van der Waals surface area contributed by atoms with Crippen LogP contribution in [-0.4, -0.2) is 33.9 Å². The van der Waals surface area contributed by atoms with E-state index in [1.807, 2.05) is 6.07 Å². The third-order valence-electron chi connectivity index (χ3n) is 4.01. The highest BCUT2D eigenvalue weighted by atomic mass is 15.2. The number of imidazole rings is 1. The molecule has 1 fully saturated rings. The number of nitrogens with two attached hydrogens (primary N) is 1. The zero-order chi connectivity index (χ0) is 14.7. The highest BCUT2D eigenvalue weighted by Gasteiger charge is 2.11. The van der Waals surface area contributed by atoms with Crippen molar-refractivity contribution in [1.82, 2.24) is 14.9 Å². The molecule has 1 saturated heterocycles. The van der Waals surface area contributed by atoms with Gasteiger partial charge in [0.15, 0.2) is 5.96 Å². The maximum Gasteiger partial charge on any atom is 0.191 e. The van der Waals surface area contributed by atoms with Crippen LogP contribution in [0.3, 0.4) is 0 Å². The summed E-state index contributed by atoms with van der Waals surface area (Å²) in [6.07, 6.45) is 5.01. The molecular formula is C16H23N5. The molecule has 0 unspecified atom stereocenters. The quantitative estimate of drug-likeness (QED) is 0.658. The van der Waals surface area contributed by atoms with E-state index in [0.29, 0.717) is 12.5 Å². The predicted octanol–water partition coefficient (Wildman–Crippen LogP) is 2.56. The number of H-pyrrole nitrogens is 1. The molecule has 0 amide bonds. The predicted molar refractivity (Wildman–Crippen MR) is 86.2 cm³/mol. The van der Waals surface area contributed by atoms with E-state index in [2.05, 4.69) is 38.9 Å². The van der Waals surface area contributed by atoms with Crippen molar-refractivity contribution in [3.63, 3.8) is 0 Å². The van der Waals surface area contributed by atoms with Gasteiger partial charge >= 0.3 is 0 Å². The molecule has 1 aliphatic heterocycles. The van der Waals surface area contributed by atoms with Crippen LogP contribution in [0.4, 0.5) is 0 Å². The Morgan fingerprint density at radius 3 is 2.81 bits per heavy atom. The van der Waals surface area contributed by atoms with E-state index in [1.165, 1.54) is 31.2 Å². The van der Waals surface area contributed by atoms with Gasteiger partial charge < -0.3 is 15.6 Å². The number of aromatic nitrogens is 2. The minimum absolute atomic E-state index is 0.510. The lowest BCUT2D eigenvalue weighted by Crippen LogP contribution is -2.38. The number of aromatic amines is 1. The van der Waals surface area contributed by atoms with Gasteiger partial charge in [0.1, 0.15) is 12.4 Å². The summed E-state index contributed by atoms with van der Waals surface area (Å²) in [5.74, 6) is 1.52. The van der Waals surface area contributed by atoms with Gasteiger partial charge in [0, 0.05) is 13.1 Å². The van der Waals surface area contributed by atoms with Crippen molar-refractivity contribution in [2.45, 2.75) is 39.2 Å². The SMILES string of the molecule is Cc1ccc2nc(CN=C(N)N3CCCCCC3)[nH]c2c1. The number of benzene rings is 1. The van der Waals surface area contributed by atoms with Crippen molar-refractivity contribution in [2.24, 2.45) is 10.7 Å². The van der Waals surface area contributed by atoms with Gasteiger partial charge in [-0.2, -0.15) is 0 Å². The maximum absolute atomic E-state index is 6.12. The Morgan fingerprint density at radius 1 is 1.29 bits per heavy atom. The molecule has 2 aromatic rings. The Kier molecular flexibility index (Phi) is 4.08. The first kappa shape index (κ1) is 13.9. The maximum atomic E-state index is 6.12. The van der Waals surface area contributed by atoms with E-state index in [1.54, 1.807) is 0 Å². The topological polar surface area (TPSA) is 70.3 Å². The van der Waals surface area contributed by atoms with Gasteiger partial charge in [0.2, 0.25) is 0 Å². The molecule has 3 N–H and O–H groups in total. The molecule has 1 aromatic carbocycles. The Labute approximate surface area is 125 Å². The number of likely N-dealkylation sites (tertiary alicyclic amines) is 1. The first-order valence-corrected chi connectivity index (χ1v) is 7.72. The minimum Gasteiger partial charge on any atom is -0.370 e. The number of guanidine groups is 1. The molecule has 0 radical (unpaired) electrons. The van der Waals surface area contributed by atoms with Crippen LogP contribution in [-0.2, 0) is 6.54 Å². The third-order valence-corrected chi connectivity index (χ3v) is 4.01. The molecule has 0 bridgehead atoms. The van der Waals surface area contributed by atoms with E-state index in [9.17, 15) is 0 Å². The van der Waals surface area contributed by atoms with E-state index in [0.717, 1.165) is 29.9 Å². The minimum atomic E-state index is 0.510. The third kappa shape index (κ3) is 3.35. The summed E-state index contributed by atoms with van der Waals surface area (Å²) in [6.45, 7) is 4.63. The zero-order valence-electron chi connectivity index (χ0n) is 12.6. The highest BCUT2D eigenvalue weighted by molar-refractivity contribution is 5.78. The lowest BCUT2D eigenvalue weighted by Gasteiger charge is -2.20. The van der Waals surface area contributed by atoms with Gasteiger partial charge in [-0.1, -0.05) is 18.9 Å². The van der Waals surface area contributed by atoms with Crippen molar-refractivity contribution in [2.75, 3.05) is 13.1 Å². The molecule has 5 heteroatoms. The molecule has 0 atom stereocenters. The molecule has 0 spiro atoms. The van der Waals surface area contributed by atoms with Crippen LogP contribution >= 0.6 is 0 Å². The number of aryl methyl sites for hydroxylation is 1. The average molecular weight is 285 g/mol. The van der Waals surface area contributed by atoms with Crippen molar-refractivity contribution in [1.29, 1.82) is 0 Å². The lowest BCUT2D eigenvalue weighted by atomic mass is 10.2. The number of nitrogens with one attached hydrogen (secondary N) is 1. The largest absolute Gasteiger partial charge is 0.370 e. The lowest BCUT2D eigenvalue weighted by molar-refractivity contribution is 0.428. The molecule has 1 aliphatic rings. The molecule has 1 aromatic heterocycles. The van der Waals surface area contributed by atoms with Gasteiger partial charge in [0.25, 0.3) is 0 Å². The summed E-state index contributed by atoms with van der Waals surface area (Å²) >= 11 is 0. The van der Waals surface area contributed by atoms with Gasteiger partial charge in [-0.15, -0.1) is 0 Å². The van der Waals surface area contributed by atoms with Crippen LogP contribution < -0.4 is 5.73 Å². The number of hydrogen-bond acceptors (Lipinski definition) is 2. The molecule has 0 saturated carbocycles. The van der Waals surface area contributed by atoms with Crippen molar-refractivity contribution < 1.29 is 0 Å². The zero-order valence-corrected chi connectivity index (χ0v) is 12.6. The Bertz CT molecular complexity index is 635. The van der Waals surface area contributed by atoms with Crippen LogP contribution in [0.2, 0.25) is 0 Å². The Hall–Kier alpha value is -2.04. The fraction of sp³-hybridized carbons (Fsp3) is 0.500. The van der Waals surface area contributed by atoms with E-state index >= 15 is 0 Å². The van der Waals surface area contributed by atoms with Crippen molar-refractivity contribution >= 4 is 17.0 Å². The van der Waals surface area contributed by atoms with Gasteiger partial charge in [0.05, 0.1) is 11.0 Å². The number of nitrogens with zero attached hydrogens (tertiary/aromatic N) is 3. The molecular weight excluding hydrogens is 262 g/mol. The number of aliphatic imine (C=N–C) groups is 1. The second-order valence-electron chi connectivity index (χ2n) is 5.78. The molecule has 2 heterocycles. The second-order valence-corrected chi connectivity index (χ2v) is 5.78. The highest BCUT2D eigenvalue weighted by Crippen LogP contribution is 2.14. The van der Waals surface area contributed by atoms with Crippen molar-refractivity contribution in [3.05, 3.63) is 29.6 Å². The number of rotatable bonds is 2. The second kappa shape index (κ2) is 6.16. The standard InChI is InChI=1S/C16H23N5/c1-12-6-7-13-14(10-12)20-15(19-13)11-18-16(17)21-8-4-2-3-5-9-21/h6-7,10H,2-5,8-9,11H2,1H3,(H2,17,18)(H,19,20). The average Bonchev–Trinajstić information content (AvgIpc) is 2.69. The monoisotopic (exact) mass is 285 g/mol. The summed E-state index contributed by atoms with van der Waals surface area (Å²) in [5, 5.41) is 0. The van der Waals surface area contributed by atoms with Crippen LogP contribution in [0.25, 0.3) is 11.0 Å². The van der Waals surface area contributed by atoms with Crippen LogP contribution in [0, 0.1) is 6.92 Å². The number of hydrogen-bond donors (Lipinski definition) is 2. The first-order valence-electron chi connectivity index (χ1n) is 7.72. The summed E-state index contributed by atoms with van der Waals surface area (Å²) in [6, 6.07) is 6.21. The molecule has 21 heavy (non-hydrogen) atoms. The summed E-state index contributed by atoms with van der Waals surface area (Å²) in [7, 11) is 0. The molecule has 3 rings (SSSR count). The molecule has 112 valence electrons. The summed E-state index contributed by atoms with van der Waals surface area (Å²) in [4.78, 5) is 14.6. The molecule has 5 nitrogen and oxygen atoms in total. The molecule has 0 aliphatic carbocycles.